The normalized spacial score (nSPS) is 24.8. The Hall–Kier alpha value is -1.60. The molecule has 0 N–H and O–H groups in total. The number of benzene rings is 1. The molecule has 1 aliphatic rings. The van der Waals surface area contributed by atoms with Crippen LogP contribution in [0, 0.1) is 17.1 Å². The van der Waals surface area contributed by atoms with Crippen molar-refractivity contribution in [3.8, 4) is 6.07 Å². The van der Waals surface area contributed by atoms with Crippen molar-refractivity contribution in [3.63, 3.8) is 0 Å². The summed E-state index contributed by atoms with van der Waals surface area (Å²) in [4.78, 5) is 4.45. The van der Waals surface area contributed by atoms with Crippen molar-refractivity contribution >= 4 is 5.69 Å². The van der Waals surface area contributed by atoms with Crippen LogP contribution >= 0.6 is 0 Å². The molecule has 3 nitrogen and oxygen atoms in total. The van der Waals surface area contributed by atoms with E-state index in [1.807, 2.05) is 6.07 Å². The molecule has 19 heavy (non-hydrogen) atoms. The summed E-state index contributed by atoms with van der Waals surface area (Å²) in [5, 5.41) is 8.96. The quantitative estimate of drug-likeness (QED) is 0.820. The monoisotopic (exact) mass is 261 g/mol. The number of nitriles is 1. The fraction of sp³-hybridized carbons (Fsp3) is 0.533. The second kappa shape index (κ2) is 6.03. The number of rotatable bonds is 2. The maximum absolute atomic E-state index is 13.3. The van der Waals surface area contributed by atoms with E-state index in [9.17, 15) is 4.39 Å². The van der Waals surface area contributed by atoms with Gasteiger partial charge in [0.2, 0.25) is 0 Å². The third kappa shape index (κ3) is 3.24. The van der Waals surface area contributed by atoms with E-state index < -0.39 is 0 Å². The van der Waals surface area contributed by atoms with Crippen molar-refractivity contribution in [3.05, 3.63) is 30.1 Å². The van der Waals surface area contributed by atoms with Crippen LogP contribution in [-0.4, -0.2) is 37.1 Å². The Morgan fingerprint density at radius 3 is 2.95 bits per heavy atom. The van der Waals surface area contributed by atoms with Crippen LogP contribution in [0.4, 0.5) is 10.1 Å². The van der Waals surface area contributed by atoms with Gasteiger partial charge in [-0.2, -0.15) is 5.26 Å². The van der Waals surface area contributed by atoms with E-state index in [1.165, 1.54) is 6.07 Å². The van der Waals surface area contributed by atoms with E-state index in [1.54, 1.807) is 12.1 Å². The van der Waals surface area contributed by atoms with E-state index in [0.717, 1.165) is 25.2 Å². The lowest BCUT2D eigenvalue weighted by Crippen LogP contribution is -2.41. The van der Waals surface area contributed by atoms with E-state index in [2.05, 4.69) is 29.8 Å². The number of hydrogen-bond acceptors (Lipinski definition) is 3. The highest BCUT2D eigenvalue weighted by molar-refractivity contribution is 5.47. The van der Waals surface area contributed by atoms with Crippen molar-refractivity contribution < 1.29 is 4.39 Å². The summed E-state index contributed by atoms with van der Waals surface area (Å²) >= 11 is 0. The molecular formula is C15H20FN3. The summed E-state index contributed by atoms with van der Waals surface area (Å²) in [5.74, 6) is -0.208. The van der Waals surface area contributed by atoms with Gasteiger partial charge in [0.05, 0.1) is 12.5 Å². The molecule has 0 spiro atoms. The molecule has 2 atom stereocenters. The lowest BCUT2D eigenvalue weighted by molar-refractivity contribution is 0.199. The number of nitrogens with zero attached hydrogens (tertiary/aromatic N) is 3. The average molecular weight is 261 g/mol. The summed E-state index contributed by atoms with van der Waals surface area (Å²) in [6, 6.07) is 9.60. The minimum atomic E-state index is -0.208. The topological polar surface area (TPSA) is 30.3 Å². The molecule has 102 valence electrons. The van der Waals surface area contributed by atoms with Gasteiger partial charge in [-0.1, -0.05) is 6.07 Å². The van der Waals surface area contributed by atoms with Crippen LogP contribution in [0.1, 0.15) is 19.8 Å². The summed E-state index contributed by atoms with van der Waals surface area (Å²) in [6.07, 6.45) is 1.53. The first-order chi connectivity index (χ1) is 9.11. The highest BCUT2D eigenvalue weighted by atomic mass is 19.1. The largest absolute Gasteiger partial charge is 0.370 e. The van der Waals surface area contributed by atoms with Gasteiger partial charge in [0.25, 0.3) is 0 Å². The van der Waals surface area contributed by atoms with Gasteiger partial charge in [-0.3, -0.25) is 4.90 Å². The maximum Gasteiger partial charge on any atom is 0.125 e. The molecule has 0 bridgehead atoms. The van der Waals surface area contributed by atoms with Gasteiger partial charge in [-0.25, -0.2) is 4.39 Å². The fourth-order valence-corrected chi connectivity index (χ4v) is 2.60. The molecule has 0 radical (unpaired) electrons. The molecular weight excluding hydrogens is 241 g/mol. The summed E-state index contributed by atoms with van der Waals surface area (Å²) in [7, 11) is 2.07. The Balaban J connectivity index is 2.20. The Labute approximate surface area is 114 Å². The number of hydrogen-bond donors (Lipinski definition) is 0. The smallest absolute Gasteiger partial charge is 0.125 e. The standard InChI is InChI=1S/C15H20FN3/c1-12-7-9-19(11-15(6-8-17)18(12)2)14-5-3-4-13(16)10-14/h3-5,10,12,15H,6-7,9,11H2,1-2H3. The Bertz CT molecular complexity index is 469. The van der Waals surface area contributed by atoms with E-state index in [0.29, 0.717) is 12.5 Å². The van der Waals surface area contributed by atoms with Crippen LogP contribution in [-0.2, 0) is 0 Å². The van der Waals surface area contributed by atoms with Crippen molar-refractivity contribution in [2.45, 2.75) is 31.8 Å². The lowest BCUT2D eigenvalue weighted by atomic mass is 10.1. The van der Waals surface area contributed by atoms with Crippen LogP contribution in [0.15, 0.2) is 24.3 Å². The van der Waals surface area contributed by atoms with E-state index in [-0.39, 0.29) is 11.9 Å². The Kier molecular flexibility index (Phi) is 4.39. The maximum atomic E-state index is 13.3. The van der Waals surface area contributed by atoms with Gasteiger partial charge in [0, 0.05) is 30.9 Å². The van der Waals surface area contributed by atoms with E-state index >= 15 is 0 Å². The molecule has 1 aliphatic heterocycles. The number of likely N-dealkylation sites (N-methyl/N-ethyl adjacent to an activating group) is 1. The number of halogens is 1. The van der Waals surface area contributed by atoms with Crippen LogP contribution in [0.2, 0.25) is 0 Å². The predicted octanol–water partition coefficient (Wildman–Crippen LogP) is 2.64. The summed E-state index contributed by atoms with van der Waals surface area (Å²) < 4.78 is 13.3. The summed E-state index contributed by atoms with van der Waals surface area (Å²) in [5.41, 5.74) is 0.908. The molecule has 1 fully saturated rings. The third-order valence-corrected chi connectivity index (χ3v) is 4.02. The van der Waals surface area contributed by atoms with Crippen LogP contribution < -0.4 is 4.90 Å². The zero-order valence-corrected chi connectivity index (χ0v) is 11.5. The summed E-state index contributed by atoms with van der Waals surface area (Å²) in [6.45, 7) is 3.86. The van der Waals surface area contributed by atoms with E-state index in [4.69, 9.17) is 5.26 Å². The third-order valence-electron chi connectivity index (χ3n) is 4.02. The Morgan fingerprint density at radius 2 is 2.26 bits per heavy atom. The molecule has 2 unspecified atom stereocenters. The van der Waals surface area contributed by atoms with Gasteiger partial charge in [0.15, 0.2) is 0 Å². The zero-order valence-electron chi connectivity index (χ0n) is 11.5. The highest BCUT2D eigenvalue weighted by Crippen LogP contribution is 2.22. The molecule has 2 rings (SSSR count). The second-order valence-corrected chi connectivity index (χ2v) is 5.25. The molecule has 1 aromatic rings. The van der Waals surface area contributed by atoms with Crippen LogP contribution in [0.3, 0.4) is 0 Å². The van der Waals surface area contributed by atoms with Gasteiger partial charge in [0.1, 0.15) is 5.82 Å². The molecule has 0 aromatic heterocycles. The van der Waals surface area contributed by atoms with Crippen LogP contribution in [0.5, 0.6) is 0 Å². The van der Waals surface area contributed by atoms with Crippen molar-refractivity contribution in [2.75, 3.05) is 25.0 Å². The second-order valence-electron chi connectivity index (χ2n) is 5.25. The fourth-order valence-electron chi connectivity index (χ4n) is 2.60. The predicted molar refractivity (Wildman–Crippen MR) is 74.5 cm³/mol. The molecule has 4 heteroatoms. The first-order valence-corrected chi connectivity index (χ1v) is 6.71. The molecule has 0 aliphatic carbocycles. The SMILES string of the molecule is CC1CCN(c2cccc(F)c2)CC(CC#N)N1C. The molecule has 1 saturated heterocycles. The minimum absolute atomic E-state index is 0.200. The average Bonchev–Trinajstić information content (AvgIpc) is 2.53. The lowest BCUT2D eigenvalue weighted by Gasteiger charge is -2.30. The Morgan fingerprint density at radius 1 is 1.47 bits per heavy atom. The molecule has 1 heterocycles. The molecule has 0 saturated carbocycles. The van der Waals surface area contributed by atoms with Crippen molar-refractivity contribution in [2.24, 2.45) is 0 Å². The van der Waals surface area contributed by atoms with Gasteiger partial charge >= 0.3 is 0 Å². The van der Waals surface area contributed by atoms with Crippen molar-refractivity contribution in [1.82, 2.24) is 4.90 Å². The highest BCUT2D eigenvalue weighted by Gasteiger charge is 2.26. The van der Waals surface area contributed by atoms with Crippen molar-refractivity contribution in [1.29, 1.82) is 5.26 Å². The first-order valence-electron chi connectivity index (χ1n) is 6.71. The number of anilines is 1. The zero-order chi connectivity index (χ0) is 13.8. The minimum Gasteiger partial charge on any atom is -0.370 e. The van der Waals surface area contributed by atoms with Gasteiger partial charge < -0.3 is 4.90 Å². The van der Waals surface area contributed by atoms with Gasteiger partial charge in [-0.15, -0.1) is 0 Å². The molecule has 0 amide bonds. The molecule has 1 aromatic carbocycles. The van der Waals surface area contributed by atoms with Gasteiger partial charge in [-0.05, 0) is 38.6 Å². The van der Waals surface area contributed by atoms with Crippen LogP contribution in [0.25, 0.3) is 0 Å². The first kappa shape index (κ1) is 13.8.